The third-order valence-corrected chi connectivity index (χ3v) is 2.63. The summed E-state index contributed by atoms with van der Waals surface area (Å²) in [5.41, 5.74) is 7.56. The lowest BCUT2D eigenvalue weighted by molar-refractivity contribution is 0.697. The molecule has 0 heterocycles. The van der Waals surface area contributed by atoms with Crippen LogP contribution in [0.3, 0.4) is 0 Å². The lowest BCUT2D eigenvalue weighted by atomic mass is 9.88. The zero-order valence-electron chi connectivity index (χ0n) is 7.32. The van der Waals surface area contributed by atoms with E-state index >= 15 is 0 Å². The Morgan fingerprint density at radius 3 is 2.75 bits per heavy atom. The van der Waals surface area contributed by atoms with E-state index in [0.29, 0.717) is 5.92 Å². The van der Waals surface area contributed by atoms with Crippen molar-refractivity contribution in [2.75, 3.05) is 0 Å². The molecule has 0 fully saturated rings. The number of hydrogen-bond donors (Lipinski definition) is 2. The number of hydrogen-bond acceptors (Lipinski definition) is 1. The second-order valence-corrected chi connectivity index (χ2v) is 4.23. The number of nitrogens with one attached hydrogen (secondary N) is 1. The van der Waals surface area contributed by atoms with Gasteiger partial charge in [-0.1, -0.05) is 22.9 Å². The van der Waals surface area contributed by atoms with Crippen molar-refractivity contribution in [3.05, 3.63) is 21.7 Å². The van der Waals surface area contributed by atoms with E-state index in [1.165, 1.54) is 4.48 Å². The minimum absolute atomic E-state index is 0.205. The van der Waals surface area contributed by atoms with Crippen LogP contribution in [0, 0.1) is 11.3 Å². The smallest absolute Gasteiger partial charge is 0.119 e. The van der Waals surface area contributed by atoms with E-state index in [9.17, 15) is 0 Å². The van der Waals surface area contributed by atoms with Crippen LogP contribution < -0.4 is 5.73 Å². The first-order chi connectivity index (χ1) is 5.52. The molecular formula is C9H13BrN2. The van der Waals surface area contributed by atoms with Gasteiger partial charge in [0.25, 0.3) is 0 Å². The number of rotatable bonds is 1. The molecule has 1 rings (SSSR count). The average molecular weight is 229 g/mol. The maximum Gasteiger partial charge on any atom is 0.119 e. The second kappa shape index (κ2) is 3.44. The molecule has 0 saturated carbocycles. The maximum atomic E-state index is 7.39. The molecule has 1 aliphatic rings. The second-order valence-electron chi connectivity index (χ2n) is 3.21. The minimum atomic E-state index is 0.205. The first kappa shape index (κ1) is 9.52. The van der Waals surface area contributed by atoms with Crippen LogP contribution in [0.15, 0.2) is 21.7 Å². The lowest BCUT2D eigenvalue weighted by Crippen LogP contribution is -2.21. The van der Waals surface area contributed by atoms with E-state index in [0.717, 1.165) is 17.6 Å². The Morgan fingerprint density at radius 2 is 2.33 bits per heavy atom. The zero-order valence-corrected chi connectivity index (χ0v) is 8.90. The third-order valence-electron chi connectivity index (χ3n) is 2.08. The molecule has 0 aliphatic heterocycles. The van der Waals surface area contributed by atoms with Crippen LogP contribution in [0.2, 0.25) is 0 Å². The highest BCUT2D eigenvalue weighted by molar-refractivity contribution is 9.11. The Balaban J connectivity index is 3.08. The van der Waals surface area contributed by atoms with Gasteiger partial charge in [-0.3, -0.25) is 5.41 Å². The van der Waals surface area contributed by atoms with Crippen LogP contribution >= 0.6 is 15.9 Å². The molecule has 0 spiro atoms. The van der Waals surface area contributed by atoms with E-state index < -0.39 is 0 Å². The SMILES string of the molecule is CC1=C(C(=N)N)C(C)CC(Br)=C1. The molecule has 0 saturated heterocycles. The van der Waals surface area contributed by atoms with Crippen LogP contribution in [0.5, 0.6) is 0 Å². The fourth-order valence-corrected chi connectivity index (χ4v) is 2.46. The van der Waals surface area contributed by atoms with E-state index in [1.54, 1.807) is 0 Å². The highest BCUT2D eigenvalue weighted by Crippen LogP contribution is 2.31. The zero-order chi connectivity index (χ0) is 9.30. The molecule has 66 valence electrons. The summed E-state index contributed by atoms with van der Waals surface area (Å²) in [5, 5.41) is 7.39. The minimum Gasteiger partial charge on any atom is -0.384 e. The maximum absolute atomic E-state index is 7.39. The molecule has 0 aromatic heterocycles. The monoisotopic (exact) mass is 228 g/mol. The molecule has 0 aromatic carbocycles. The van der Waals surface area contributed by atoms with Gasteiger partial charge in [-0.05, 0) is 41.0 Å². The Hall–Kier alpha value is -0.570. The predicted octanol–water partition coefficient (Wildman–Crippen LogP) is 2.56. The predicted molar refractivity (Wildman–Crippen MR) is 55.4 cm³/mol. The standard InChI is InChI=1S/C9H13BrN2/c1-5-3-7(10)4-6(2)8(5)9(11)12/h3,6H,4H2,1-2H3,(H3,11,12). The van der Waals surface area contributed by atoms with E-state index in [2.05, 4.69) is 22.9 Å². The van der Waals surface area contributed by atoms with Gasteiger partial charge in [0.2, 0.25) is 0 Å². The molecule has 3 heteroatoms. The van der Waals surface area contributed by atoms with Gasteiger partial charge in [0.05, 0.1) is 0 Å². The number of nitrogens with two attached hydrogens (primary N) is 1. The molecular weight excluding hydrogens is 216 g/mol. The topological polar surface area (TPSA) is 49.9 Å². The fourth-order valence-electron chi connectivity index (χ4n) is 1.63. The highest BCUT2D eigenvalue weighted by atomic mass is 79.9. The van der Waals surface area contributed by atoms with Crippen molar-refractivity contribution in [2.45, 2.75) is 20.3 Å². The highest BCUT2D eigenvalue weighted by Gasteiger charge is 2.18. The Labute approximate surface area is 81.2 Å². The largest absolute Gasteiger partial charge is 0.384 e. The molecule has 12 heavy (non-hydrogen) atoms. The Kier molecular flexibility index (Phi) is 2.73. The number of allylic oxidation sites excluding steroid dienone is 3. The van der Waals surface area contributed by atoms with Gasteiger partial charge in [0.15, 0.2) is 0 Å². The van der Waals surface area contributed by atoms with Gasteiger partial charge in [0.1, 0.15) is 5.84 Å². The van der Waals surface area contributed by atoms with Crippen molar-refractivity contribution in [3.63, 3.8) is 0 Å². The summed E-state index contributed by atoms with van der Waals surface area (Å²) in [6.07, 6.45) is 2.99. The van der Waals surface area contributed by atoms with Crippen LogP contribution in [0.25, 0.3) is 0 Å². The Bertz CT molecular complexity index is 276. The molecule has 0 bridgehead atoms. The van der Waals surface area contributed by atoms with Crippen molar-refractivity contribution in [1.29, 1.82) is 5.41 Å². The number of halogens is 1. The molecule has 1 unspecified atom stereocenters. The molecule has 0 aromatic rings. The fraction of sp³-hybridized carbons (Fsp3) is 0.444. The summed E-state index contributed by atoms with van der Waals surface area (Å²) >= 11 is 3.46. The van der Waals surface area contributed by atoms with Crippen molar-refractivity contribution in [1.82, 2.24) is 0 Å². The van der Waals surface area contributed by atoms with Gasteiger partial charge in [-0.15, -0.1) is 0 Å². The van der Waals surface area contributed by atoms with Crippen LogP contribution in [0.4, 0.5) is 0 Å². The van der Waals surface area contributed by atoms with Gasteiger partial charge >= 0.3 is 0 Å². The normalized spacial score (nSPS) is 23.9. The van der Waals surface area contributed by atoms with Crippen LogP contribution in [0.1, 0.15) is 20.3 Å². The van der Waals surface area contributed by atoms with Crippen molar-refractivity contribution in [2.24, 2.45) is 11.7 Å². The van der Waals surface area contributed by atoms with E-state index in [4.69, 9.17) is 11.1 Å². The molecule has 0 radical (unpaired) electrons. The first-order valence-corrected chi connectivity index (χ1v) is 4.73. The van der Waals surface area contributed by atoms with Gasteiger partial charge < -0.3 is 5.73 Å². The molecule has 3 N–H and O–H groups in total. The number of amidine groups is 1. The van der Waals surface area contributed by atoms with Crippen LogP contribution in [-0.2, 0) is 0 Å². The summed E-state index contributed by atoms with van der Waals surface area (Å²) in [6, 6.07) is 0. The van der Waals surface area contributed by atoms with Crippen molar-refractivity contribution < 1.29 is 0 Å². The van der Waals surface area contributed by atoms with E-state index in [-0.39, 0.29) is 5.84 Å². The quantitative estimate of drug-likeness (QED) is 0.526. The summed E-state index contributed by atoms with van der Waals surface area (Å²) in [7, 11) is 0. The first-order valence-electron chi connectivity index (χ1n) is 3.93. The Morgan fingerprint density at radius 1 is 1.75 bits per heavy atom. The summed E-state index contributed by atoms with van der Waals surface area (Å²) < 4.78 is 1.19. The molecule has 0 amide bonds. The van der Waals surface area contributed by atoms with Crippen molar-refractivity contribution >= 4 is 21.8 Å². The lowest BCUT2D eigenvalue weighted by Gasteiger charge is -2.21. The van der Waals surface area contributed by atoms with Crippen LogP contribution in [-0.4, -0.2) is 5.84 Å². The van der Waals surface area contributed by atoms with Gasteiger partial charge in [-0.25, -0.2) is 0 Å². The summed E-state index contributed by atoms with van der Waals surface area (Å²) in [6.45, 7) is 4.09. The summed E-state index contributed by atoms with van der Waals surface area (Å²) in [5.74, 6) is 0.568. The van der Waals surface area contributed by atoms with Gasteiger partial charge in [0, 0.05) is 0 Å². The van der Waals surface area contributed by atoms with E-state index in [1.807, 2.05) is 13.0 Å². The van der Waals surface area contributed by atoms with Gasteiger partial charge in [-0.2, -0.15) is 0 Å². The molecule has 1 atom stereocenters. The average Bonchev–Trinajstić information content (AvgIpc) is 1.82. The molecule has 1 aliphatic carbocycles. The third kappa shape index (κ3) is 1.78. The van der Waals surface area contributed by atoms with Crippen molar-refractivity contribution in [3.8, 4) is 0 Å². The molecule has 2 nitrogen and oxygen atoms in total. The summed E-state index contributed by atoms with van der Waals surface area (Å²) in [4.78, 5) is 0.